The summed E-state index contributed by atoms with van der Waals surface area (Å²) in [4.78, 5) is 38.5. The van der Waals surface area contributed by atoms with E-state index in [9.17, 15) is 27.6 Å². The second-order valence-electron chi connectivity index (χ2n) is 11.1. The van der Waals surface area contributed by atoms with Gasteiger partial charge in [0.25, 0.3) is 5.91 Å². The Kier molecular flexibility index (Phi) is 10.1. The van der Waals surface area contributed by atoms with Gasteiger partial charge in [-0.2, -0.15) is 0 Å². The van der Waals surface area contributed by atoms with Crippen LogP contribution in [0.2, 0.25) is 0 Å². The third-order valence-corrected chi connectivity index (χ3v) is 7.13. The van der Waals surface area contributed by atoms with Gasteiger partial charge >= 0.3 is 18.4 Å². The minimum Gasteiger partial charge on any atom is -0.481 e. The number of urea groups is 1. The number of benzene rings is 2. The van der Waals surface area contributed by atoms with E-state index in [1.165, 1.54) is 12.1 Å². The van der Waals surface area contributed by atoms with Crippen molar-refractivity contribution in [2.45, 2.75) is 71.8 Å². The van der Waals surface area contributed by atoms with Gasteiger partial charge in [0.2, 0.25) is 0 Å². The first-order valence-corrected chi connectivity index (χ1v) is 13.2. The Morgan fingerprint density at radius 3 is 2.23 bits per heavy atom. The van der Waals surface area contributed by atoms with E-state index in [-0.39, 0.29) is 36.7 Å². The summed E-state index contributed by atoms with van der Waals surface area (Å²) in [5.41, 5.74) is 1.54. The van der Waals surface area contributed by atoms with Gasteiger partial charge in [-0.25, -0.2) is 4.79 Å². The first-order valence-electron chi connectivity index (χ1n) is 13.2. The quantitative estimate of drug-likeness (QED) is 0.326. The van der Waals surface area contributed by atoms with Crippen molar-refractivity contribution in [2.24, 2.45) is 11.3 Å². The van der Waals surface area contributed by atoms with Crippen LogP contribution in [0.1, 0.15) is 68.8 Å². The van der Waals surface area contributed by atoms with Crippen molar-refractivity contribution in [3.8, 4) is 5.75 Å². The molecule has 3 rings (SSSR count). The Hall–Kier alpha value is -3.76. The van der Waals surface area contributed by atoms with Crippen molar-refractivity contribution in [3.05, 3.63) is 59.7 Å². The number of carbonyl (C=O) groups excluding carboxylic acids is 2. The lowest BCUT2D eigenvalue weighted by atomic mass is 9.71. The first kappa shape index (κ1) is 30.8. The van der Waals surface area contributed by atoms with E-state index < -0.39 is 24.3 Å². The van der Waals surface area contributed by atoms with Gasteiger partial charge in [0.1, 0.15) is 5.75 Å². The SMILES string of the molecule is CC(C)(C)C1CCC(N(Cc2cccc(C(=O)NCCC(=O)O)c2)C(=O)Nc2ccc(OC(F)(F)F)cc2)CC1. The van der Waals surface area contributed by atoms with E-state index in [4.69, 9.17) is 5.11 Å². The topological polar surface area (TPSA) is 108 Å². The van der Waals surface area contributed by atoms with Crippen LogP contribution in [-0.4, -0.2) is 46.9 Å². The molecule has 1 aliphatic carbocycles. The monoisotopic (exact) mass is 563 g/mol. The molecule has 0 bridgehead atoms. The predicted octanol–water partition coefficient (Wildman–Crippen LogP) is 6.43. The second kappa shape index (κ2) is 13.1. The first-order chi connectivity index (χ1) is 18.7. The molecule has 3 N–H and O–H groups in total. The standard InChI is InChI=1S/C29H36F3N3O5/c1-28(2,3)21-7-11-23(12-8-21)35(27(39)34-22-9-13-24(14-10-22)40-29(30,31)32)18-19-5-4-6-20(17-19)26(38)33-16-15-25(36)37/h4-6,9-10,13-14,17,21,23H,7-8,11-12,15-16,18H2,1-3H3,(H,33,38)(H,34,39)(H,36,37). The molecule has 0 radical (unpaired) electrons. The average molecular weight is 564 g/mol. The molecule has 0 saturated heterocycles. The fourth-order valence-corrected chi connectivity index (χ4v) is 4.95. The summed E-state index contributed by atoms with van der Waals surface area (Å²) in [5, 5.41) is 14.2. The highest BCUT2D eigenvalue weighted by molar-refractivity contribution is 5.94. The number of halogens is 3. The summed E-state index contributed by atoms with van der Waals surface area (Å²) in [5.74, 6) is -1.29. The molecule has 0 aromatic heterocycles. The third-order valence-electron chi connectivity index (χ3n) is 7.13. The molecule has 1 aliphatic rings. The highest BCUT2D eigenvalue weighted by Gasteiger charge is 2.34. The molecule has 218 valence electrons. The Bertz CT molecular complexity index is 1170. The largest absolute Gasteiger partial charge is 0.573 e. The van der Waals surface area contributed by atoms with Gasteiger partial charge in [0.05, 0.1) is 6.42 Å². The molecule has 2 aromatic carbocycles. The third kappa shape index (κ3) is 9.46. The molecule has 1 saturated carbocycles. The summed E-state index contributed by atoms with van der Waals surface area (Å²) in [6.45, 7) is 6.84. The minimum absolute atomic E-state index is 0.00323. The average Bonchev–Trinajstić information content (AvgIpc) is 2.87. The molecule has 1 fully saturated rings. The molecule has 0 spiro atoms. The number of ether oxygens (including phenoxy) is 1. The van der Waals surface area contributed by atoms with Crippen LogP contribution >= 0.6 is 0 Å². The van der Waals surface area contributed by atoms with Crippen LogP contribution < -0.4 is 15.4 Å². The van der Waals surface area contributed by atoms with Gasteiger partial charge in [0.15, 0.2) is 0 Å². The molecular weight excluding hydrogens is 527 g/mol. The van der Waals surface area contributed by atoms with E-state index in [1.807, 2.05) is 0 Å². The van der Waals surface area contributed by atoms with Gasteiger partial charge in [-0.3, -0.25) is 9.59 Å². The van der Waals surface area contributed by atoms with Crippen LogP contribution in [0.4, 0.5) is 23.7 Å². The molecule has 0 aliphatic heterocycles. The number of rotatable bonds is 9. The van der Waals surface area contributed by atoms with Crippen LogP contribution in [0, 0.1) is 11.3 Å². The van der Waals surface area contributed by atoms with E-state index in [0.717, 1.165) is 37.8 Å². The van der Waals surface area contributed by atoms with Gasteiger partial charge in [0, 0.05) is 30.4 Å². The van der Waals surface area contributed by atoms with Crippen molar-refractivity contribution in [3.63, 3.8) is 0 Å². The maximum Gasteiger partial charge on any atom is 0.573 e. The predicted molar refractivity (Wildman–Crippen MR) is 144 cm³/mol. The van der Waals surface area contributed by atoms with Crippen molar-refractivity contribution < 1.29 is 37.4 Å². The lowest BCUT2D eigenvalue weighted by Gasteiger charge is -2.41. The maximum absolute atomic E-state index is 13.5. The maximum atomic E-state index is 13.5. The van der Waals surface area contributed by atoms with E-state index >= 15 is 0 Å². The van der Waals surface area contributed by atoms with Crippen LogP contribution in [0.25, 0.3) is 0 Å². The molecule has 11 heteroatoms. The molecule has 8 nitrogen and oxygen atoms in total. The van der Waals surface area contributed by atoms with Crippen molar-refractivity contribution >= 4 is 23.6 Å². The zero-order valence-corrected chi connectivity index (χ0v) is 22.9. The Morgan fingerprint density at radius 2 is 1.65 bits per heavy atom. The lowest BCUT2D eigenvalue weighted by molar-refractivity contribution is -0.274. The van der Waals surface area contributed by atoms with Crippen molar-refractivity contribution in [1.29, 1.82) is 0 Å². The second-order valence-corrected chi connectivity index (χ2v) is 11.1. The number of carboxylic acid groups (broad SMARTS) is 1. The summed E-state index contributed by atoms with van der Waals surface area (Å²) >= 11 is 0. The van der Waals surface area contributed by atoms with Crippen molar-refractivity contribution in [2.75, 3.05) is 11.9 Å². The number of nitrogens with one attached hydrogen (secondary N) is 2. The van der Waals surface area contributed by atoms with Gasteiger partial charge in [-0.05, 0) is 79.0 Å². The Balaban J connectivity index is 1.76. The van der Waals surface area contributed by atoms with Crippen LogP contribution in [0.3, 0.4) is 0 Å². The number of nitrogens with zero attached hydrogens (tertiary/aromatic N) is 1. The number of carboxylic acids is 1. The molecule has 0 heterocycles. The van der Waals surface area contributed by atoms with E-state index in [2.05, 4.69) is 36.1 Å². The number of amides is 3. The van der Waals surface area contributed by atoms with Crippen molar-refractivity contribution in [1.82, 2.24) is 10.2 Å². The van der Waals surface area contributed by atoms with Crippen LogP contribution in [-0.2, 0) is 11.3 Å². The fraction of sp³-hybridized carbons (Fsp3) is 0.483. The molecule has 40 heavy (non-hydrogen) atoms. The van der Waals surface area contributed by atoms with E-state index in [0.29, 0.717) is 22.7 Å². The van der Waals surface area contributed by atoms with Gasteiger partial charge in [-0.1, -0.05) is 32.9 Å². The number of hydrogen-bond donors (Lipinski definition) is 3. The fourth-order valence-electron chi connectivity index (χ4n) is 4.95. The minimum atomic E-state index is -4.81. The zero-order valence-electron chi connectivity index (χ0n) is 22.9. The summed E-state index contributed by atoms with van der Waals surface area (Å²) in [6.07, 6.45) is -1.51. The molecule has 0 atom stereocenters. The van der Waals surface area contributed by atoms with Gasteiger partial charge in [-0.15, -0.1) is 13.2 Å². The Morgan fingerprint density at radius 1 is 1.00 bits per heavy atom. The Labute approximate surface area is 231 Å². The van der Waals surface area contributed by atoms with Gasteiger partial charge < -0.3 is 25.4 Å². The number of carbonyl (C=O) groups is 3. The smallest absolute Gasteiger partial charge is 0.481 e. The van der Waals surface area contributed by atoms with Crippen LogP contribution in [0.15, 0.2) is 48.5 Å². The molecule has 2 aromatic rings. The summed E-state index contributed by atoms with van der Waals surface area (Å²) in [6, 6.07) is 11.3. The molecule has 0 unspecified atom stereocenters. The lowest BCUT2D eigenvalue weighted by Crippen LogP contribution is -2.45. The molecule has 3 amide bonds. The zero-order chi connectivity index (χ0) is 29.5. The highest BCUT2D eigenvalue weighted by atomic mass is 19.4. The number of hydrogen-bond acceptors (Lipinski definition) is 4. The molecular formula is C29H36F3N3O5. The number of aliphatic carboxylic acids is 1. The van der Waals surface area contributed by atoms with Crippen LogP contribution in [0.5, 0.6) is 5.75 Å². The normalized spacial score (nSPS) is 17.6. The van der Waals surface area contributed by atoms with E-state index in [1.54, 1.807) is 29.2 Å². The number of anilines is 1. The summed E-state index contributed by atoms with van der Waals surface area (Å²) in [7, 11) is 0. The highest BCUT2D eigenvalue weighted by Crippen LogP contribution is 2.39. The summed E-state index contributed by atoms with van der Waals surface area (Å²) < 4.78 is 41.4. The number of alkyl halides is 3.